The maximum absolute atomic E-state index is 12.8. The van der Waals surface area contributed by atoms with Crippen molar-refractivity contribution < 1.29 is 13.2 Å². The van der Waals surface area contributed by atoms with Crippen LogP contribution < -0.4 is 0 Å². The summed E-state index contributed by atoms with van der Waals surface area (Å²) in [5.74, 6) is 0.432. The summed E-state index contributed by atoms with van der Waals surface area (Å²) in [6.07, 6.45) is 0. The van der Waals surface area contributed by atoms with Gasteiger partial charge in [0.05, 0.1) is 13.2 Å². The molecule has 0 saturated carbocycles. The van der Waals surface area contributed by atoms with Crippen LogP contribution >= 0.6 is 11.3 Å². The van der Waals surface area contributed by atoms with Crippen LogP contribution in [0.15, 0.2) is 21.7 Å². The first-order valence-corrected chi connectivity index (χ1v) is 9.56. The molecule has 2 fully saturated rings. The van der Waals surface area contributed by atoms with E-state index >= 15 is 0 Å². The Kier molecular flexibility index (Phi) is 4.13. The highest BCUT2D eigenvalue weighted by molar-refractivity contribution is 7.91. The topological polar surface area (TPSA) is 49.9 Å². The SMILES string of the molecule is C[C@@H]1CN(C)C[C@]12COCCN(S(=O)(=O)c1cccs1)C2. The normalized spacial score (nSPS) is 32.6. The van der Waals surface area contributed by atoms with Crippen molar-refractivity contribution in [3.8, 4) is 0 Å². The van der Waals surface area contributed by atoms with Crippen LogP contribution in [0.5, 0.6) is 0 Å². The summed E-state index contributed by atoms with van der Waals surface area (Å²) in [7, 11) is -1.30. The van der Waals surface area contributed by atoms with Crippen molar-refractivity contribution in [1.82, 2.24) is 9.21 Å². The van der Waals surface area contributed by atoms with Gasteiger partial charge in [0.25, 0.3) is 10.0 Å². The molecular formula is C14H22N2O3S2. The van der Waals surface area contributed by atoms with Gasteiger partial charge in [0.15, 0.2) is 0 Å². The Labute approximate surface area is 130 Å². The van der Waals surface area contributed by atoms with Crippen molar-refractivity contribution in [3.63, 3.8) is 0 Å². The van der Waals surface area contributed by atoms with E-state index in [1.165, 1.54) is 11.3 Å². The molecule has 3 heterocycles. The van der Waals surface area contributed by atoms with Crippen LogP contribution in [0.3, 0.4) is 0 Å². The molecule has 0 radical (unpaired) electrons. The van der Waals surface area contributed by atoms with E-state index in [-0.39, 0.29) is 5.41 Å². The molecule has 1 aromatic rings. The lowest BCUT2D eigenvalue weighted by Crippen LogP contribution is -2.45. The minimum Gasteiger partial charge on any atom is -0.379 e. The van der Waals surface area contributed by atoms with Gasteiger partial charge in [-0.2, -0.15) is 4.31 Å². The molecule has 3 rings (SSSR count). The Morgan fingerprint density at radius 2 is 2.24 bits per heavy atom. The van der Waals surface area contributed by atoms with Gasteiger partial charge in [0.2, 0.25) is 0 Å². The Morgan fingerprint density at radius 3 is 2.86 bits per heavy atom. The van der Waals surface area contributed by atoms with Crippen LogP contribution in [0.2, 0.25) is 0 Å². The molecule has 2 aliphatic heterocycles. The number of nitrogens with zero attached hydrogens (tertiary/aromatic N) is 2. The second-order valence-corrected chi connectivity index (χ2v) is 9.40. The molecule has 2 aliphatic rings. The molecule has 118 valence electrons. The van der Waals surface area contributed by atoms with Gasteiger partial charge in [-0.25, -0.2) is 8.42 Å². The third kappa shape index (κ3) is 2.77. The van der Waals surface area contributed by atoms with E-state index in [1.807, 2.05) is 5.38 Å². The van der Waals surface area contributed by atoms with Gasteiger partial charge >= 0.3 is 0 Å². The van der Waals surface area contributed by atoms with Gasteiger partial charge in [0, 0.05) is 31.6 Å². The third-order valence-electron chi connectivity index (χ3n) is 4.67. The predicted octanol–water partition coefficient (Wildman–Crippen LogP) is 1.34. The summed E-state index contributed by atoms with van der Waals surface area (Å²) in [6.45, 7) is 6.21. The molecular weight excluding hydrogens is 308 g/mol. The zero-order valence-electron chi connectivity index (χ0n) is 12.5. The molecule has 0 N–H and O–H groups in total. The van der Waals surface area contributed by atoms with Crippen molar-refractivity contribution in [3.05, 3.63) is 17.5 Å². The summed E-state index contributed by atoms with van der Waals surface area (Å²) in [4.78, 5) is 2.27. The zero-order chi connectivity index (χ0) is 15.1. The van der Waals surface area contributed by atoms with Crippen molar-refractivity contribution in [2.45, 2.75) is 11.1 Å². The lowest BCUT2D eigenvalue weighted by Gasteiger charge is -2.34. The lowest BCUT2D eigenvalue weighted by molar-refractivity contribution is 0.0542. The monoisotopic (exact) mass is 330 g/mol. The average Bonchev–Trinajstić information content (AvgIpc) is 2.97. The van der Waals surface area contributed by atoms with Crippen LogP contribution in [0.1, 0.15) is 6.92 Å². The molecule has 7 heteroatoms. The molecule has 0 aromatic carbocycles. The minimum absolute atomic E-state index is 0.0877. The van der Waals surface area contributed by atoms with Crippen LogP contribution in [0, 0.1) is 11.3 Å². The Balaban J connectivity index is 1.90. The molecule has 0 bridgehead atoms. The number of rotatable bonds is 2. The summed E-state index contributed by atoms with van der Waals surface area (Å²) in [5, 5.41) is 1.81. The number of sulfonamides is 1. The second-order valence-electron chi connectivity index (χ2n) is 6.28. The van der Waals surface area contributed by atoms with E-state index in [1.54, 1.807) is 16.4 Å². The van der Waals surface area contributed by atoms with Gasteiger partial charge < -0.3 is 9.64 Å². The molecule has 1 spiro atoms. The van der Waals surface area contributed by atoms with E-state index < -0.39 is 10.0 Å². The number of hydrogen-bond donors (Lipinski definition) is 0. The largest absolute Gasteiger partial charge is 0.379 e. The van der Waals surface area contributed by atoms with E-state index in [0.717, 1.165) is 13.1 Å². The zero-order valence-corrected chi connectivity index (χ0v) is 14.1. The van der Waals surface area contributed by atoms with Crippen molar-refractivity contribution in [2.24, 2.45) is 11.3 Å². The fraction of sp³-hybridized carbons (Fsp3) is 0.714. The summed E-state index contributed by atoms with van der Waals surface area (Å²) in [5.41, 5.74) is -0.0877. The number of likely N-dealkylation sites (tertiary alicyclic amines) is 1. The van der Waals surface area contributed by atoms with E-state index in [2.05, 4.69) is 18.9 Å². The predicted molar refractivity (Wildman–Crippen MR) is 83.0 cm³/mol. The first kappa shape index (κ1) is 15.4. The van der Waals surface area contributed by atoms with Gasteiger partial charge in [0.1, 0.15) is 4.21 Å². The van der Waals surface area contributed by atoms with Crippen LogP contribution in [0.25, 0.3) is 0 Å². The number of ether oxygens (including phenoxy) is 1. The van der Waals surface area contributed by atoms with Crippen molar-refractivity contribution >= 4 is 21.4 Å². The highest BCUT2D eigenvalue weighted by Gasteiger charge is 2.47. The lowest BCUT2D eigenvalue weighted by atomic mass is 9.80. The third-order valence-corrected chi connectivity index (χ3v) is 7.89. The highest BCUT2D eigenvalue weighted by atomic mass is 32.2. The minimum atomic E-state index is -3.39. The molecule has 1 aromatic heterocycles. The molecule has 2 saturated heterocycles. The summed E-state index contributed by atoms with van der Waals surface area (Å²) >= 11 is 1.28. The first-order chi connectivity index (χ1) is 9.94. The summed E-state index contributed by atoms with van der Waals surface area (Å²) < 4.78 is 33.4. The smallest absolute Gasteiger partial charge is 0.252 e. The Hall–Kier alpha value is -0.470. The van der Waals surface area contributed by atoms with Crippen LogP contribution in [-0.2, 0) is 14.8 Å². The van der Waals surface area contributed by atoms with Gasteiger partial charge in [-0.15, -0.1) is 11.3 Å². The Bertz CT molecular complexity index is 587. The van der Waals surface area contributed by atoms with Crippen LogP contribution in [0.4, 0.5) is 0 Å². The first-order valence-electron chi connectivity index (χ1n) is 7.24. The fourth-order valence-electron chi connectivity index (χ4n) is 3.47. The maximum Gasteiger partial charge on any atom is 0.252 e. The summed E-state index contributed by atoms with van der Waals surface area (Å²) in [6, 6.07) is 3.47. The van der Waals surface area contributed by atoms with E-state index in [9.17, 15) is 8.42 Å². The molecule has 0 aliphatic carbocycles. The molecule has 21 heavy (non-hydrogen) atoms. The quantitative estimate of drug-likeness (QED) is 0.821. The van der Waals surface area contributed by atoms with Gasteiger partial charge in [-0.05, 0) is 24.4 Å². The average molecular weight is 330 g/mol. The highest BCUT2D eigenvalue weighted by Crippen LogP contribution is 2.39. The van der Waals surface area contributed by atoms with Gasteiger partial charge in [-0.1, -0.05) is 13.0 Å². The van der Waals surface area contributed by atoms with Crippen LogP contribution in [-0.4, -0.2) is 64.1 Å². The van der Waals surface area contributed by atoms with Gasteiger partial charge in [-0.3, -0.25) is 0 Å². The standard InChI is InChI=1S/C14H22N2O3S2/c1-12-8-15(2)9-14(12)10-16(5-6-19-11-14)21(17,18)13-4-3-7-20-13/h3-4,7,12H,5-6,8-11H2,1-2H3/t12-,14+/m1/s1. The fourth-order valence-corrected chi connectivity index (χ4v) is 6.14. The number of hydrogen-bond acceptors (Lipinski definition) is 5. The van der Waals surface area contributed by atoms with Crippen molar-refractivity contribution in [2.75, 3.05) is 46.4 Å². The second kappa shape index (κ2) is 5.62. The maximum atomic E-state index is 12.8. The van der Waals surface area contributed by atoms with E-state index in [0.29, 0.717) is 36.4 Å². The van der Waals surface area contributed by atoms with E-state index in [4.69, 9.17) is 4.74 Å². The molecule has 5 nitrogen and oxygen atoms in total. The molecule has 2 atom stereocenters. The molecule has 0 amide bonds. The number of thiophene rings is 1. The Morgan fingerprint density at radius 1 is 1.43 bits per heavy atom. The van der Waals surface area contributed by atoms with Crippen molar-refractivity contribution in [1.29, 1.82) is 0 Å². The molecule has 0 unspecified atom stereocenters.